The van der Waals surface area contributed by atoms with Crippen LogP contribution in [0, 0.1) is 13.8 Å². The summed E-state index contributed by atoms with van der Waals surface area (Å²) in [6.45, 7) is 4.11. The Kier molecular flexibility index (Phi) is 3.94. The maximum atomic E-state index is 12.8. The van der Waals surface area contributed by atoms with Crippen molar-refractivity contribution < 1.29 is 4.79 Å². The summed E-state index contributed by atoms with van der Waals surface area (Å²) in [7, 11) is 3.53. The summed E-state index contributed by atoms with van der Waals surface area (Å²) in [5.41, 5.74) is 5.34. The van der Waals surface area contributed by atoms with E-state index in [0.717, 1.165) is 39.1 Å². The number of nitrogens with zero attached hydrogens (tertiary/aromatic N) is 4. The smallest absolute Gasteiger partial charge is 0.254 e. The number of hydrogen-bond donors (Lipinski definition) is 0. The second-order valence-electron chi connectivity index (χ2n) is 7.26. The van der Waals surface area contributed by atoms with E-state index in [1.807, 2.05) is 37.5 Å². The fourth-order valence-electron chi connectivity index (χ4n) is 3.12. The van der Waals surface area contributed by atoms with Gasteiger partial charge in [-0.3, -0.25) is 4.79 Å². The van der Waals surface area contributed by atoms with Crippen LogP contribution in [0.25, 0.3) is 22.2 Å². The third-order valence-corrected chi connectivity index (χ3v) is 5.05. The van der Waals surface area contributed by atoms with E-state index < -0.39 is 0 Å². The molecule has 1 aliphatic carbocycles. The molecule has 0 aliphatic heterocycles. The van der Waals surface area contributed by atoms with Gasteiger partial charge in [-0.15, -0.1) is 0 Å². The molecule has 0 spiro atoms. The van der Waals surface area contributed by atoms with Crippen molar-refractivity contribution in [1.29, 1.82) is 0 Å². The normalized spacial score (nSPS) is 13.8. The Morgan fingerprint density at radius 3 is 2.42 bits per heavy atom. The van der Waals surface area contributed by atoms with Crippen molar-refractivity contribution in [3.63, 3.8) is 0 Å². The van der Waals surface area contributed by atoms with Gasteiger partial charge in [-0.1, -0.05) is 12.1 Å². The molecular formula is C21H22N4O. The highest BCUT2D eigenvalue weighted by Gasteiger charge is 2.26. The molecule has 0 bridgehead atoms. The van der Waals surface area contributed by atoms with Crippen molar-refractivity contribution >= 4 is 16.8 Å². The topological polar surface area (TPSA) is 59.0 Å². The SMILES string of the molecule is Cc1ccc2c(C(=O)N(C)C)cc(-c3cnc(C4CC4)nc3)nc2c1C. The van der Waals surface area contributed by atoms with Crippen molar-refractivity contribution in [2.45, 2.75) is 32.6 Å². The van der Waals surface area contributed by atoms with E-state index in [2.05, 4.69) is 16.9 Å². The average Bonchev–Trinajstić information content (AvgIpc) is 3.49. The van der Waals surface area contributed by atoms with Crippen molar-refractivity contribution in [3.05, 3.63) is 53.1 Å². The molecule has 1 aliphatic rings. The number of rotatable bonds is 3. The molecule has 0 radical (unpaired) electrons. The number of benzene rings is 1. The van der Waals surface area contributed by atoms with E-state index >= 15 is 0 Å². The minimum atomic E-state index is -0.0302. The van der Waals surface area contributed by atoms with Crippen LogP contribution in [-0.4, -0.2) is 39.9 Å². The van der Waals surface area contributed by atoms with E-state index in [0.29, 0.717) is 11.5 Å². The van der Waals surface area contributed by atoms with E-state index in [-0.39, 0.29) is 5.91 Å². The Balaban J connectivity index is 1.91. The molecule has 1 saturated carbocycles. The molecule has 4 rings (SSSR count). The van der Waals surface area contributed by atoms with Gasteiger partial charge in [-0.25, -0.2) is 15.0 Å². The third-order valence-electron chi connectivity index (χ3n) is 5.05. The maximum absolute atomic E-state index is 12.8. The highest BCUT2D eigenvalue weighted by atomic mass is 16.2. The number of aromatic nitrogens is 3. The zero-order valence-corrected chi connectivity index (χ0v) is 15.6. The molecule has 0 atom stereocenters. The highest BCUT2D eigenvalue weighted by Crippen LogP contribution is 2.38. The van der Waals surface area contributed by atoms with Crippen molar-refractivity contribution in [1.82, 2.24) is 19.9 Å². The summed E-state index contributed by atoms with van der Waals surface area (Å²) in [6, 6.07) is 5.88. The second-order valence-corrected chi connectivity index (χ2v) is 7.26. The first-order chi connectivity index (χ1) is 12.5. The van der Waals surface area contributed by atoms with Crippen LogP contribution in [0.15, 0.2) is 30.6 Å². The zero-order valence-electron chi connectivity index (χ0n) is 15.6. The average molecular weight is 346 g/mol. The Morgan fingerprint density at radius 1 is 1.12 bits per heavy atom. The predicted octanol–water partition coefficient (Wildman–Crippen LogP) is 3.89. The molecule has 2 aromatic heterocycles. The van der Waals surface area contributed by atoms with E-state index in [9.17, 15) is 4.79 Å². The maximum Gasteiger partial charge on any atom is 0.254 e. The van der Waals surface area contributed by atoms with Gasteiger partial charge in [0, 0.05) is 43.4 Å². The summed E-state index contributed by atoms with van der Waals surface area (Å²) < 4.78 is 0. The molecule has 5 heteroatoms. The summed E-state index contributed by atoms with van der Waals surface area (Å²) >= 11 is 0. The molecular weight excluding hydrogens is 324 g/mol. The van der Waals surface area contributed by atoms with Crippen LogP contribution in [0.2, 0.25) is 0 Å². The van der Waals surface area contributed by atoms with Crippen LogP contribution in [0.5, 0.6) is 0 Å². The van der Waals surface area contributed by atoms with Gasteiger partial charge in [0.1, 0.15) is 5.82 Å². The number of carbonyl (C=O) groups excluding carboxylic acids is 1. The summed E-state index contributed by atoms with van der Waals surface area (Å²) in [5, 5.41) is 0.881. The Hall–Kier alpha value is -2.82. The standard InChI is InChI=1S/C21H22N4O/c1-12-5-8-16-17(21(26)25(3)4)9-18(24-19(16)13(12)2)15-10-22-20(23-11-15)14-6-7-14/h5,8-11,14H,6-7H2,1-4H3. The Morgan fingerprint density at radius 2 is 1.81 bits per heavy atom. The molecule has 1 aromatic carbocycles. The van der Waals surface area contributed by atoms with Crippen LogP contribution in [-0.2, 0) is 0 Å². The van der Waals surface area contributed by atoms with Gasteiger partial charge in [-0.2, -0.15) is 0 Å². The zero-order chi connectivity index (χ0) is 18.4. The summed E-state index contributed by atoms with van der Waals surface area (Å²) in [6.07, 6.45) is 5.99. The van der Waals surface area contributed by atoms with Crippen molar-refractivity contribution in [2.75, 3.05) is 14.1 Å². The fourth-order valence-corrected chi connectivity index (χ4v) is 3.12. The molecule has 0 unspecified atom stereocenters. The molecule has 1 amide bonds. The third kappa shape index (κ3) is 2.83. The molecule has 2 heterocycles. The first-order valence-corrected chi connectivity index (χ1v) is 8.90. The summed E-state index contributed by atoms with van der Waals surface area (Å²) in [5.74, 6) is 1.40. The fraction of sp³-hybridized carbons (Fsp3) is 0.333. The van der Waals surface area contributed by atoms with Crippen LogP contribution in [0.3, 0.4) is 0 Å². The van der Waals surface area contributed by atoms with Gasteiger partial charge in [0.25, 0.3) is 5.91 Å². The van der Waals surface area contributed by atoms with Crippen molar-refractivity contribution in [3.8, 4) is 11.3 Å². The van der Waals surface area contributed by atoms with Gasteiger partial charge in [-0.05, 0) is 43.9 Å². The first-order valence-electron chi connectivity index (χ1n) is 8.90. The number of amides is 1. The Bertz CT molecular complexity index is 1000. The van der Waals surface area contributed by atoms with Gasteiger partial charge in [0.15, 0.2) is 0 Å². The minimum Gasteiger partial charge on any atom is -0.345 e. The van der Waals surface area contributed by atoms with Crippen LogP contribution < -0.4 is 0 Å². The monoisotopic (exact) mass is 346 g/mol. The number of hydrogen-bond acceptors (Lipinski definition) is 4. The van der Waals surface area contributed by atoms with E-state index in [4.69, 9.17) is 4.98 Å². The van der Waals surface area contributed by atoms with Crippen LogP contribution in [0.1, 0.15) is 46.1 Å². The number of fused-ring (bicyclic) bond motifs is 1. The molecule has 1 fully saturated rings. The molecule has 26 heavy (non-hydrogen) atoms. The van der Waals surface area contributed by atoms with Gasteiger partial charge >= 0.3 is 0 Å². The quantitative estimate of drug-likeness (QED) is 0.722. The number of pyridine rings is 1. The van der Waals surface area contributed by atoms with Gasteiger partial charge < -0.3 is 4.90 Å². The van der Waals surface area contributed by atoms with E-state index in [1.165, 1.54) is 12.8 Å². The number of carbonyl (C=O) groups is 1. The molecule has 3 aromatic rings. The minimum absolute atomic E-state index is 0.0302. The first kappa shape index (κ1) is 16.6. The highest BCUT2D eigenvalue weighted by molar-refractivity contribution is 6.07. The molecule has 132 valence electrons. The lowest BCUT2D eigenvalue weighted by Crippen LogP contribution is -2.22. The number of aryl methyl sites for hydroxylation is 2. The lowest BCUT2D eigenvalue weighted by molar-refractivity contribution is 0.0829. The van der Waals surface area contributed by atoms with Crippen molar-refractivity contribution in [2.24, 2.45) is 0 Å². The molecule has 5 nitrogen and oxygen atoms in total. The van der Waals surface area contributed by atoms with Crippen LogP contribution >= 0.6 is 0 Å². The second kappa shape index (κ2) is 6.16. The molecule has 0 saturated heterocycles. The van der Waals surface area contributed by atoms with Crippen LogP contribution in [0.4, 0.5) is 0 Å². The van der Waals surface area contributed by atoms with E-state index in [1.54, 1.807) is 19.0 Å². The largest absolute Gasteiger partial charge is 0.345 e. The van der Waals surface area contributed by atoms with Gasteiger partial charge in [0.2, 0.25) is 0 Å². The Labute approximate surface area is 153 Å². The lowest BCUT2D eigenvalue weighted by Gasteiger charge is -2.15. The summed E-state index contributed by atoms with van der Waals surface area (Å²) in [4.78, 5) is 28.2. The lowest BCUT2D eigenvalue weighted by atomic mass is 9.99. The van der Waals surface area contributed by atoms with Gasteiger partial charge in [0.05, 0.1) is 16.8 Å². The predicted molar refractivity (Wildman–Crippen MR) is 102 cm³/mol. The molecule has 0 N–H and O–H groups in total.